The molecule has 8 N–H and O–H groups in total. The van der Waals surface area contributed by atoms with E-state index in [9.17, 15) is 0 Å². The van der Waals surface area contributed by atoms with Crippen LogP contribution in [0.3, 0.4) is 0 Å². The van der Waals surface area contributed by atoms with E-state index in [0.717, 1.165) is 6.42 Å². The van der Waals surface area contributed by atoms with E-state index in [1.54, 1.807) is 12.2 Å². The molecule has 1 saturated heterocycles. The topological polar surface area (TPSA) is 172 Å². The van der Waals surface area contributed by atoms with Gasteiger partial charge in [0.05, 0.1) is 19.3 Å². The van der Waals surface area contributed by atoms with E-state index >= 15 is 0 Å². The lowest BCUT2D eigenvalue weighted by Crippen LogP contribution is -2.26. The van der Waals surface area contributed by atoms with Crippen LogP contribution in [-0.4, -0.2) is 42.9 Å². The van der Waals surface area contributed by atoms with Crippen LogP contribution in [0.15, 0.2) is 25.3 Å². The van der Waals surface area contributed by atoms with Crippen LogP contribution < -0.4 is 12.3 Å². The van der Waals surface area contributed by atoms with E-state index < -0.39 is 10.4 Å². The van der Waals surface area contributed by atoms with Gasteiger partial charge >= 0.3 is 10.4 Å². The first-order chi connectivity index (χ1) is 7.86. The van der Waals surface area contributed by atoms with Gasteiger partial charge in [-0.1, -0.05) is 12.2 Å². The van der Waals surface area contributed by atoms with Gasteiger partial charge in [-0.2, -0.15) is 8.42 Å². The lowest BCUT2D eigenvalue weighted by Gasteiger charge is -2.21. The van der Waals surface area contributed by atoms with E-state index in [0.29, 0.717) is 13.2 Å². The molecule has 0 aromatic rings. The summed E-state index contributed by atoms with van der Waals surface area (Å²) in [5.41, 5.74) is 0. The molecule has 1 heterocycles. The highest BCUT2D eigenvalue weighted by Gasteiger charge is 2.14. The zero-order valence-electron chi connectivity index (χ0n) is 10.6. The Hall–Kier alpha value is -0.850. The first-order valence-corrected chi connectivity index (χ1v) is 6.11. The third kappa shape index (κ3) is 17.1. The predicted octanol–water partition coefficient (Wildman–Crippen LogP) is 1.14. The molecule has 0 spiro atoms. The Morgan fingerprint density at radius 1 is 1.11 bits per heavy atom. The van der Waals surface area contributed by atoms with Crippen LogP contribution >= 0.6 is 0 Å². The van der Waals surface area contributed by atoms with Crippen molar-refractivity contribution in [3.63, 3.8) is 0 Å². The van der Waals surface area contributed by atoms with Crippen molar-refractivity contribution in [2.75, 3.05) is 13.2 Å². The minimum atomic E-state index is -4.67. The van der Waals surface area contributed by atoms with Gasteiger partial charge in [-0.15, -0.1) is 13.2 Å². The smallest absolute Gasteiger partial charge is 0.371 e. The summed E-state index contributed by atoms with van der Waals surface area (Å²) in [5.74, 6) is 0. The Kier molecular flexibility index (Phi) is 14.9. The molecule has 116 valence electrons. The fourth-order valence-electron chi connectivity index (χ4n) is 0.923. The summed E-state index contributed by atoms with van der Waals surface area (Å²) in [4.78, 5) is 9.86. The molecule has 0 saturated carbocycles. The number of hydrogen-bond acceptors (Lipinski definition) is 7. The van der Waals surface area contributed by atoms with Gasteiger partial charge in [0.15, 0.2) is 0 Å². The molecule has 19 heavy (non-hydrogen) atoms. The molecule has 0 bridgehead atoms. The van der Waals surface area contributed by atoms with Gasteiger partial charge in [0.1, 0.15) is 6.10 Å². The van der Waals surface area contributed by atoms with Gasteiger partial charge in [0, 0.05) is 6.42 Å². The van der Waals surface area contributed by atoms with Crippen LogP contribution in [0.1, 0.15) is 6.42 Å². The Labute approximate surface area is 112 Å². The maximum atomic E-state index is 8.74. The maximum Gasteiger partial charge on any atom is 0.394 e. The Balaban J connectivity index is -0.000000320. The van der Waals surface area contributed by atoms with Gasteiger partial charge in [-0.05, 0) is 0 Å². The van der Waals surface area contributed by atoms with E-state index in [4.69, 9.17) is 32.0 Å². The third-order valence-electron chi connectivity index (χ3n) is 1.68. The van der Waals surface area contributed by atoms with Crippen molar-refractivity contribution in [1.29, 1.82) is 0 Å². The summed E-state index contributed by atoms with van der Waals surface area (Å²) >= 11 is 0. The maximum absolute atomic E-state index is 8.74. The Morgan fingerprint density at radius 2 is 1.58 bits per heavy atom. The van der Waals surface area contributed by atoms with E-state index in [1.165, 1.54) is 0 Å². The molecule has 2 atom stereocenters. The number of hydrogen-bond donors (Lipinski definition) is 4. The second kappa shape index (κ2) is 12.2. The van der Waals surface area contributed by atoms with Crippen LogP contribution in [0.4, 0.5) is 0 Å². The third-order valence-corrected chi connectivity index (χ3v) is 1.68. The molecule has 0 aliphatic carbocycles. The van der Waals surface area contributed by atoms with Crippen molar-refractivity contribution < 1.29 is 32.0 Å². The van der Waals surface area contributed by atoms with Crippen molar-refractivity contribution >= 4 is 10.4 Å². The van der Waals surface area contributed by atoms with Crippen LogP contribution in [0, 0.1) is 0 Å². The highest BCUT2D eigenvalue weighted by atomic mass is 32.3. The minimum Gasteiger partial charge on any atom is -0.371 e. The highest BCUT2D eigenvalue weighted by molar-refractivity contribution is 7.79. The molecule has 1 rings (SSSR count). The summed E-state index contributed by atoms with van der Waals surface area (Å²) < 4.78 is 37.0. The fraction of sp³-hybridized carbons (Fsp3) is 0.556. The standard InChI is InChI=1S/C9H14O3.2H3N.H2O4S/c1-3-8-5-6-11-12-9(4-2)7-10-8;;;1-5(2,3)4/h3-4,8-9H,1-2,5-7H2;2*1H3;(H2,1,2,3,4). The normalized spacial score (nSPS) is 23.1. The summed E-state index contributed by atoms with van der Waals surface area (Å²) in [6, 6.07) is 0. The predicted molar refractivity (Wildman–Crippen MR) is 69.8 cm³/mol. The van der Waals surface area contributed by atoms with Crippen molar-refractivity contribution in [2.24, 2.45) is 0 Å². The average Bonchev–Trinajstić information content (AvgIpc) is 2.16. The molecule has 0 amide bonds. The number of ether oxygens (including phenoxy) is 1. The Bertz CT molecular complexity index is 307. The van der Waals surface area contributed by atoms with Crippen molar-refractivity contribution in [3.05, 3.63) is 25.3 Å². The van der Waals surface area contributed by atoms with Crippen LogP contribution in [0.25, 0.3) is 0 Å². The van der Waals surface area contributed by atoms with Gasteiger partial charge < -0.3 is 17.0 Å². The zero-order chi connectivity index (χ0) is 13.3. The first-order valence-electron chi connectivity index (χ1n) is 4.71. The van der Waals surface area contributed by atoms with Crippen LogP contribution in [0.2, 0.25) is 0 Å². The van der Waals surface area contributed by atoms with Gasteiger partial charge in [0.25, 0.3) is 0 Å². The molecule has 1 aliphatic heterocycles. The second-order valence-corrected chi connectivity index (χ2v) is 3.93. The molecule has 0 radical (unpaired) electrons. The molecule has 1 aliphatic rings. The molecule has 0 aromatic heterocycles. The quantitative estimate of drug-likeness (QED) is 0.331. The fourth-order valence-corrected chi connectivity index (χ4v) is 0.923. The molecular weight excluding hydrogens is 280 g/mol. The van der Waals surface area contributed by atoms with Crippen molar-refractivity contribution in [1.82, 2.24) is 12.3 Å². The second-order valence-electron chi connectivity index (χ2n) is 3.04. The van der Waals surface area contributed by atoms with E-state index in [1.807, 2.05) is 0 Å². The number of rotatable bonds is 2. The minimum absolute atomic E-state index is 0. The molecule has 0 aromatic carbocycles. The van der Waals surface area contributed by atoms with E-state index in [-0.39, 0.29) is 24.5 Å². The van der Waals surface area contributed by atoms with E-state index in [2.05, 4.69) is 13.2 Å². The van der Waals surface area contributed by atoms with Crippen molar-refractivity contribution in [2.45, 2.75) is 18.6 Å². The molecule has 10 heteroatoms. The summed E-state index contributed by atoms with van der Waals surface area (Å²) in [5, 5.41) is 0. The molecule has 9 nitrogen and oxygen atoms in total. The van der Waals surface area contributed by atoms with Crippen LogP contribution in [0.5, 0.6) is 0 Å². The Morgan fingerprint density at radius 3 is 2.00 bits per heavy atom. The largest absolute Gasteiger partial charge is 0.394 e. The SMILES string of the molecule is C=CC1CCOOC(C=C)CO1.N.N.O=S(=O)(O)O. The zero-order valence-corrected chi connectivity index (χ0v) is 11.4. The summed E-state index contributed by atoms with van der Waals surface area (Å²) in [6.07, 6.45) is 4.11. The first kappa shape index (κ1) is 23.3. The summed E-state index contributed by atoms with van der Waals surface area (Å²) in [6.45, 7) is 8.26. The summed E-state index contributed by atoms with van der Waals surface area (Å²) in [7, 11) is -4.67. The molecule has 1 fully saturated rings. The van der Waals surface area contributed by atoms with Crippen LogP contribution in [-0.2, 0) is 24.9 Å². The molecular formula is C9H22N2O7S. The lowest BCUT2D eigenvalue weighted by molar-refractivity contribution is -0.331. The van der Waals surface area contributed by atoms with Crippen molar-refractivity contribution in [3.8, 4) is 0 Å². The monoisotopic (exact) mass is 302 g/mol. The van der Waals surface area contributed by atoms with Gasteiger partial charge in [0.2, 0.25) is 0 Å². The van der Waals surface area contributed by atoms with Gasteiger partial charge in [-0.3, -0.25) is 9.11 Å². The van der Waals surface area contributed by atoms with Gasteiger partial charge in [-0.25, -0.2) is 9.78 Å². The average molecular weight is 302 g/mol. The lowest BCUT2D eigenvalue weighted by atomic mass is 10.2. The molecule has 2 unspecified atom stereocenters. The highest BCUT2D eigenvalue weighted by Crippen LogP contribution is 2.08.